The van der Waals surface area contributed by atoms with Gasteiger partial charge in [0.05, 0.1) is 0 Å². The Balaban J connectivity index is 1.99. The van der Waals surface area contributed by atoms with Crippen LogP contribution in [0.3, 0.4) is 0 Å². The molecule has 0 radical (unpaired) electrons. The van der Waals surface area contributed by atoms with Crippen LogP contribution in [-0.4, -0.2) is 43.8 Å². The first-order valence-electron chi connectivity index (χ1n) is 6.66. The first-order valence-corrected chi connectivity index (χ1v) is 7.87. The molecule has 0 spiro atoms. The molecule has 2 aromatic rings. The van der Waals surface area contributed by atoms with Gasteiger partial charge in [0.25, 0.3) is 0 Å². The summed E-state index contributed by atoms with van der Waals surface area (Å²) >= 11 is 1.39. The van der Waals surface area contributed by atoms with Gasteiger partial charge in [0, 0.05) is 0 Å². The van der Waals surface area contributed by atoms with Crippen molar-refractivity contribution >= 4 is 27.4 Å². The second kappa shape index (κ2) is 5.06. The fourth-order valence-electron chi connectivity index (χ4n) is 2.44. The number of carbonyl (C=O) groups is 1. The number of fused-ring (bicyclic) bond motifs is 1. The summed E-state index contributed by atoms with van der Waals surface area (Å²) in [5, 5.41) is 3.06. The molecule has 0 saturated heterocycles. The van der Waals surface area contributed by atoms with Crippen LogP contribution in [0, 0.1) is 5.92 Å². The molecule has 0 saturated carbocycles. The third kappa shape index (κ3) is 2.38. The molecule has 2 unspecified atom stereocenters. The fraction of sp³-hybridized carbons (Fsp3) is 0.357. The summed E-state index contributed by atoms with van der Waals surface area (Å²) in [7, 11) is 0. The van der Waals surface area contributed by atoms with Crippen LogP contribution in [0.1, 0.15) is 29.9 Å². The van der Waals surface area contributed by atoms with Gasteiger partial charge in [0.1, 0.15) is 0 Å². The fourth-order valence-corrected chi connectivity index (χ4v) is 2.91. The van der Waals surface area contributed by atoms with E-state index >= 15 is 0 Å². The molecule has 6 heteroatoms. The van der Waals surface area contributed by atoms with E-state index in [2.05, 4.69) is 34.1 Å². The number of hydrogen-bond acceptors (Lipinski definition) is 3. The van der Waals surface area contributed by atoms with Gasteiger partial charge in [-0.15, -0.1) is 0 Å². The first kappa shape index (κ1) is 13.4. The molecule has 2 N–H and O–H groups in total. The Labute approximate surface area is 126 Å². The van der Waals surface area contributed by atoms with Gasteiger partial charge in [-0.25, -0.2) is 0 Å². The van der Waals surface area contributed by atoms with Crippen LogP contribution in [-0.2, 0) is 6.42 Å². The Morgan fingerprint density at radius 2 is 2.25 bits per heavy atom. The van der Waals surface area contributed by atoms with E-state index in [1.54, 1.807) is 6.20 Å². The van der Waals surface area contributed by atoms with Gasteiger partial charge in [0.15, 0.2) is 0 Å². The number of aromatic amines is 1. The third-order valence-electron chi connectivity index (χ3n) is 3.64. The minimum atomic E-state index is 0.00227. The van der Waals surface area contributed by atoms with Gasteiger partial charge in [-0.1, -0.05) is 0 Å². The van der Waals surface area contributed by atoms with E-state index in [0.29, 0.717) is 5.92 Å². The van der Waals surface area contributed by atoms with E-state index in [0.717, 1.165) is 33.7 Å². The van der Waals surface area contributed by atoms with Gasteiger partial charge in [0.2, 0.25) is 0 Å². The number of H-pyrrole nitrogens is 1. The van der Waals surface area contributed by atoms with Crippen LogP contribution >= 0.6 is 0 Å². The van der Waals surface area contributed by atoms with Crippen molar-refractivity contribution in [3.05, 3.63) is 29.6 Å². The summed E-state index contributed by atoms with van der Waals surface area (Å²) in [4.78, 5) is 24.0. The topological polar surface area (TPSA) is 70.7 Å². The van der Waals surface area contributed by atoms with Gasteiger partial charge < -0.3 is 0 Å². The molecule has 2 aromatic heterocycles. The quantitative estimate of drug-likeness (QED) is 0.763. The summed E-state index contributed by atoms with van der Waals surface area (Å²) < 4.78 is 0.784. The van der Waals surface area contributed by atoms with E-state index in [4.69, 9.17) is 0 Å². The predicted molar refractivity (Wildman–Crippen MR) is 79.8 cm³/mol. The Morgan fingerprint density at radius 3 is 2.95 bits per heavy atom. The molecule has 1 amide bonds. The Kier molecular flexibility index (Phi) is 3.38. The molecule has 0 aliphatic carbocycles. The maximum absolute atomic E-state index is 12.2. The van der Waals surface area contributed by atoms with Crippen molar-refractivity contribution in [2.45, 2.75) is 26.3 Å². The first-order chi connectivity index (χ1) is 9.54. The van der Waals surface area contributed by atoms with Crippen LogP contribution in [0.25, 0.3) is 11.4 Å². The molecular weight excluding hydrogens is 315 g/mol. The number of rotatable bonds is 2. The van der Waals surface area contributed by atoms with Crippen LogP contribution in [0.2, 0.25) is 0 Å². The zero-order valence-electron chi connectivity index (χ0n) is 11.5. The number of nitrogens with one attached hydrogen (secondary N) is 2. The predicted octanol–water partition coefficient (Wildman–Crippen LogP) is 0.0406. The molecule has 104 valence electrons. The molecule has 3 rings (SSSR count). The Hall–Kier alpha value is -1.61. The van der Waals surface area contributed by atoms with Crippen molar-refractivity contribution in [2.24, 2.45) is 5.92 Å². The molecule has 5 nitrogen and oxygen atoms in total. The molecule has 20 heavy (non-hydrogen) atoms. The maximum atomic E-state index is 12.2. The van der Waals surface area contributed by atoms with Gasteiger partial charge >= 0.3 is 126 Å². The average Bonchev–Trinajstić information content (AvgIpc) is 2.83. The minimum absolute atomic E-state index is 0.00227. The number of hydrogen-bond donors (Lipinski definition) is 2. The van der Waals surface area contributed by atoms with Crippen LogP contribution < -0.4 is 9.93 Å². The van der Waals surface area contributed by atoms with Crippen LogP contribution in [0.4, 0.5) is 0 Å². The van der Waals surface area contributed by atoms with Gasteiger partial charge in [-0.3, -0.25) is 0 Å². The number of aromatic nitrogens is 3. The van der Waals surface area contributed by atoms with Crippen molar-refractivity contribution in [3.63, 3.8) is 0 Å². The van der Waals surface area contributed by atoms with Crippen molar-refractivity contribution in [1.29, 1.82) is 0 Å². The summed E-state index contributed by atoms with van der Waals surface area (Å²) in [5.74, 6) is 0.422. The van der Waals surface area contributed by atoms with Crippen molar-refractivity contribution < 1.29 is 4.79 Å². The van der Waals surface area contributed by atoms with Crippen molar-refractivity contribution in [1.82, 2.24) is 20.3 Å². The van der Waals surface area contributed by atoms with E-state index in [1.807, 2.05) is 12.1 Å². The van der Waals surface area contributed by atoms with Gasteiger partial charge in [-0.05, 0) is 0 Å². The van der Waals surface area contributed by atoms with Gasteiger partial charge in [-0.2, -0.15) is 0 Å². The SMILES string of the molecule is CC(C)C1Cc2[nH]c(-c3ccnc([AsH2])n3)cc2C(=O)N1. The van der Waals surface area contributed by atoms with Crippen molar-refractivity contribution in [2.75, 3.05) is 0 Å². The zero-order valence-corrected chi connectivity index (χ0v) is 13.9. The van der Waals surface area contributed by atoms with E-state index in [-0.39, 0.29) is 11.9 Å². The summed E-state index contributed by atoms with van der Waals surface area (Å²) in [6, 6.07) is 3.94. The van der Waals surface area contributed by atoms with E-state index in [9.17, 15) is 4.79 Å². The molecule has 0 fully saturated rings. The van der Waals surface area contributed by atoms with Crippen LogP contribution in [0.15, 0.2) is 18.3 Å². The van der Waals surface area contributed by atoms with Crippen molar-refractivity contribution in [3.8, 4) is 11.4 Å². The Morgan fingerprint density at radius 1 is 1.45 bits per heavy atom. The normalized spacial score (nSPS) is 18.0. The molecule has 1 aliphatic rings. The molecular formula is C14H17AsN4O. The van der Waals surface area contributed by atoms with E-state index in [1.165, 1.54) is 16.9 Å². The number of amides is 1. The monoisotopic (exact) mass is 332 g/mol. The van der Waals surface area contributed by atoms with E-state index < -0.39 is 0 Å². The standard InChI is InChI=1S/C14H17AsN4O/c1-7(2)10-6-11-8(13(20)18-10)5-12(17-11)9-3-4-16-14(15)19-9/h3-5,7,10,17H,6,15H2,1-2H3,(H,18,20). The second-order valence-electron chi connectivity index (χ2n) is 5.40. The molecule has 0 bridgehead atoms. The molecule has 3 heterocycles. The summed E-state index contributed by atoms with van der Waals surface area (Å²) in [6.45, 7) is 4.24. The summed E-state index contributed by atoms with van der Waals surface area (Å²) in [5.41, 5.74) is 3.46. The second-order valence-corrected chi connectivity index (χ2v) is 6.49. The Bertz CT molecular complexity index is 665. The molecule has 0 aromatic carbocycles. The molecule has 1 aliphatic heterocycles. The number of nitrogens with zero attached hydrogens (tertiary/aromatic N) is 2. The summed E-state index contributed by atoms with van der Waals surface area (Å²) in [6.07, 6.45) is 2.59. The number of carbonyl (C=O) groups excluding carboxylic acids is 1. The zero-order chi connectivity index (χ0) is 14.3. The molecule has 2 atom stereocenters. The van der Waals surface area contributed by atoms with Crippen LogP contribution in [0.5, 0.6) is 0 Å². The average molecular weight is 332 g/mol. The third-order valence-corrected chi connectivity index (χ3v) is 4.22.